The van der Waals surface area contributed by atoms with Crippen molar-refractivity contribution in [3.8, 4) is 17.4 Å². The Labute approximate surface area is 196 Å². The number of imidazole rings is 1. The maximum Gasteiger partial charge on any atom is 0.446 e. The van der Waals surface area contributed by atoms with Crippen LogP contribution >= 0.6 is 11.8 Å². The number of carbonyl (C=O) groups is 1. The minimum atomic E-state index is -4.36. The highest BCUT2D eigenvalue weighted by atomic mass is 32.2. The quantitative estimate of drug-likeness (QED) is 0.324. The van der Waals surface area contributed by atoms with Gasteiger partial charge in [0.15, 0.2) is 5.82 Å². The fraction of sp³-hybridized carbons (Fsp3) is 0.0909. The summed E-state index contributed by atoms with van der Waals surface area (Å²) in [6, 6.07) is 14.8. The molecule has 2 N–H and O–H groups in total. The predicted molar refractivity (Wildman–Crippen MR) is 121 cm³/mol. The van der Waals surface area contributed by atoms with E-state index in [2.05, 4.69) is 25.8 Å². The number of amides is 2. The van der Waals surface area contributed by atoms with Crippen molar-refractivity contribution in [3.05, 3.63) is 78.9 Å². The van der Waals surface area contributed by atoms with Crippen LogP contribution < -0.4 is 15.4 Å². The van der Waals surface area contributed by atoms with Crippen LogP contribution in [0.25, 0.3) is 5.82 Å². The number of aromatic nitrogens is 4. The lowest BCUT2D eigenvalue weighted by Crippen LogP contribution is -2.19. The van der Waals surface area contributed by atoms with Gasteiger partial charge in [0.2, 0.25) is 5.88 Å². The molecule has 0 saturated carbocycles. The standard InChI is InChI=1S/C22H17F3N6O2S/c1-14-26-12-13-31(14)19-10-11-20(30-29-19)33-17-6-2-15(3-7-17)27-21(32)28-16-4-8-18(9-5-16)34-22(23,24)25/h2-13H,1H3,(H2,27,28,32). The number of thioether (sulfide) groups is 1. The molecule has 0 spiro atoms. The Morgan fingerprint density at radius 1 is 0.941 bits per heavy atom. The molecule has 0 bridgehead atoms. The molecule has 4 rings (SSSR count). The number of benzene rings is 2. The Kier molecular flexibility index (Phi) is 6.68. The molecule has 174 valence electrons. The first-order chi connectivity index (χ1) is 16.2. The summed E-state index contributed by atoms with van der Waals surface area (Å²) < 4.78 is 44.6. The van der Waals surface area contributed by atoms with Gasteiger partial charge in [0.05, 0.1) is 0 Å². The molecule has 2 aromatic carbocycles. The summed E-state index contributed by atoms with van der Waals surface area (Å²) in [5.74, 6) is 2.19. The molecule has 0 aliphatic rings. The molecule has 0 atom stereocenters. The van der Waals surface area contributed by atoms with E-state index >= 15 is 0 Å². The number of hydrogen-bond acceptors (Lipinski definition) is 6. The van der Waals surface area contributed by atoms with Gasteiger partial charge in [0.25, 0.3) is 0 Å². The van der Waals surface area contributed by atoms with Crippen LogP contribution in [-0.4, -0.2) is 31.3 Å². The number of urea groups is 1. The topological polar surface area (TPSA) is 94.0 Å². The summed E-state index contributed by atoms with van der Waals surface area (Å²) in [6.07, 6.45) is 3.45. The second-order valence-corrected chi connectivity index (χ2v) is 7.99. The number of aryl methyl sites for hydroxylation is 1. The Balaban J connectivity index is 1.30. The first-order valence-corrected chi connectivity index (χ1v) is 10.6. The van der Waals surface area contributed by atoms with E-state index in [1.165, 1.54) is 24.3 Å². The number of ether oxygens (including phenoxy) is 1. The zero-order valence-electron chi connectivity index (χ0n) is 17.6. The molecule has 0 unspecified atom stereocenters. The normalized spacial score (nSPS) is 11.2. The van der Waals surface area contributed by atoms with Crippen molar-refractivity contribution in [1.82, 2.24) is 19.7 Å². The Morgan fingerprint density at radius 2 is 1.59 bits per heavy atom. The number of hydrogen-bond donors (Lipinski definition) is 2. The van der Waals surface area contributed by atoms with Crippen LogP contribution in [0.1, 0.15) is 5.82 Å². The molecule has 34 heavy (non-hydrogen) atoms. The molecule has 4 aromatic rings. The van der Waals surface area contributed by atoms with E-state index in [9.17, 15) is 18.0 Å². The van der Waals surface area contributed by atoms with E-state index in [1.54, 1.807) is 53.4 Å². The predicted octanol–water partition coefficient (Wildman–Crippen LogP) is 6.02. The van der Waals surface area contributed by atoms with Gasteiger partial charge in [0, 0.05) is 34.7 Å². The molecule has 2 amide bonds. The molecule has 12 heteroatoms. The molecular formula is C22H17F3N6O2S. The monoisotopic (exact) mass is 486 g/mol. The number of nitrogens with zero attached hydrogens (tertiary/aromatic N) is 4. The summed E-state index contributed by atoms with van der Waals surface area (Å²) in [5, 5.41) is 13.4. The maximum atomic E-state index is 12.4. The van der Waals surface area contributed by atoms with Crippen LogP contribution in [0.4, 0.5) is 29.3 Å². The fourth-order valence-electron chi connectivity index (χ4n) is 2.88. The fourth-order valence-corrected chi connectivity index (χ4v) is 3.42. The lowest BCUT2D eigenvalue weighted by molar-refractivity contribution is -0.0328. The third-order valence-corrected chi connectivity index (χ3v) is 5.12. The van der Waals surface area contributed by atoms with Crippen molar-refractivity contribution in [3.63, 3.8) is 0 Å². The Bertz CT molecular complexity index is 1260. The number of rotatable bonds is 6. The molecular weight excluding hydrogens is 469 g/mol. The zero-order valence-corrected chi connectivity index (χ0v) is 18.4. The van der Waals surface area contributed by atoms with Gasteiger partial charge in [-0.25, -0.2) is 9.78 Å². The summed E-state index contributed by atoms with van der Waals surface area (Å²) in [6.45, 7) is 1.86. The van der Waals surface area contributed by atoms with Crippen LogP contribution in [0.2, 0.25) is 0 Å². The number of halogens is 3. The Morgan fingerprint density at radius 3 is 2.12 bits per heavy atom. The molecule has 8 nitrogen and oxygen atoms in total. The molecule has 2 aromatic heterocycles. The molecule has 0 aliphatic heterocycles. The van der Waals surface area contributed by atoms with Crippen LogP contribution in [0, 0.1) is 6.92 Å². The first kappa shape index (κ1) is 23.1. The van der Waals surface area contributed by atoms with E-state index < -0.39 is 11.5 Å². The lowest BCUT2D eigenvalue weighted by atomic mass is 10.3. The van der Waals surface area contributed by atoms with Crippen molar-refractivity contribution in [2.24, 2.45) is 0 Å². The highest BCUT2D eigenvalue weighted by Gasteiger charge is 2.29. The van der Waals surface area contributed by atoms with E-state index in [4.69, 9.17) is 4.74 Å². The summed E-state index contributed by atoms with van der Waals surface area (Å²) in [5.41, 5.74) is -3.51. The SMILES string of the molecule is Cc1nccn1-c1ccc(Oc2ccc(NC(=O)Nc3ccc(SC(F)(F)F)cc3)cc2)nn1. The van der Waals surface area contributed by atoms with E-state index in [-0.39, 0.29) is 16.7 Å². The zero-order chi connectivity index (χ0) is 24.1. The lowest BCUT2D eigenvalue weighted by Gasteiger charge is -2.10. The second-order valence-electron chi connectivity index (χ2n) is 6.85. The molecule has 0 radical (unpaired) electrons. The third kappa shape index (κ3) is 6.25. The average Bonchev–Trinajstić information content (AvgIpc) is 3.22. The first-order valence-electron chi connectivity index (χ1n) is 9.81. The van der Waals surface area contributed by atoms with Gasteiger partial charge in [-0.05, 0) is 73.3 Å². The highest BCUT2D eigenvalue weighted by Crippen LogP contribution is 2.37. The largest absolute Gasteiger partial charge is 0.446 e. The van der Waals surface area contributed by atoms with Crippen LogP contribution in [0.5, 0.6) is 11.6 Å². The third-order valence-electron chi connectivity index (χ3n) is 4.38. The van der Waals surface area contributed by atoms with Gasteiger partial charge in [-0.1, -0.05) is 0 Å². The summed E-state index contributed by atoms with van der Waals surface area (Å²) in [4.78, 5) is 16.3. The van der Waals surface area contributed by atoms with Gasteiger partial charge in [0.1, 0.15) is 11.6 Å². The van der Waals surface area contributed by atoms with E-state index in [1.807, 2.05) is 6.92 Å². The van der Waals surface area contributed by atoms with Crippen LogP contribution in [0.15, 0.2) is 78.0 Å². The number of carbonyl (C=O) groups excluding carboxylic acids is 1. The van der Waals surface area contributed by atoms with Crippen LogP contribution in [0.3, 0.4) is 0 Å². The smallest absolute Gasteiger partial charge is 0.438 e. The number of alkyl halides is 3. The molecule has 0 fully saturated rings. The number of nitrogens with one attached hydrogen (secondary N) is 2. The second kappa shape index (κ2) is 9.83. The minimum absolute atomic E-state index is 0.0326. The van der Waals surface area contributed by atoms with Crippen molar-refractivity contribution in [2.45, 2.75) is 17.3 Å². The van der Waals surface area contributed by atoms with Gasteiger partial charge in [-0.3, -0.25) is 4.57 Å². The molecule has 0 saturated heterocycles. The van der Waals surface area contributed by atoms with Crippen molar-refractivity contribution >= 4 is 29.2 Å². The maximum absolute atomic E-state index is 12.4. The molecule has 0 aliphatic carbocycles. The summed E-state index contributed by atoms with van der Waals surface area (Å²) >= 11 is -0.219. The van der Waals surface area contributed by atoms with Gasteiger partial charge < -0.3 is 15.4 Å². The Hall–Kier alpha value is -4.06. The average molecular weight is 486 g/mol. The van der Waals surface area contributed by atoms with Crippen molar-refractivity contribution in [2.75, 3.05) is 10.6 Å². The van der Waals surface area contributed by atoms with Crippen molar-refractivity contribution in [1.29, 1.82) is 0 Å². The van der Waals surface area contributed by atoms with E-state index in [0.29, 0.717) is 28.8 Å². The minimum Gasteiger partial charge on any atom is -0.438 e. The summed E-state index contributed by atoms with van der Waals surface area (Å²) in [7, 11) is 0. The molecule has 2 heterocycles. The van der Waals surface area contributed by atoms with Crippen LogP contribution in [-0.2, 0) is 0 Å². The van der Waals surface area contributed by atoms with Crippen molar-refractivity contribution < 1.29 is 22.7 Å². The highest BCUT2D eigenvalue weighted by molar-refractivity contribution is 8.00. The number of anilines is 2. The van der Waals surface area contributed by atoms with Gasteiger partial charge >= 0.3 is 11.5 Å². The van der Waals surface area contributed by atoms with Gasteiger partial charge in [-0.2, -0.15) is 13.2 Å². The van der Waals surface area contributed by atoms with E-state index in [0.717, 1.165) is 5.82 Å². The van der Waals surface area contributed by atoms with Gasteiger partial charge in [-0.15, -0.1) is 10.2 Å².